The summed E-state index contributed by atoms with van der Waals surface area (Å²) in [7, 11) is -1.47. The van der Waals surface area contributed by atoms with Crippen molar-refractivity contribution in [2.24, 2.45) is 0 Å². The predicted octanol–water partition coefficient (Wildman–Crippen LogP) is 3.66. The highest BCUT2D eigenvalue weighted by Crippen LogP contribution is 2.26. The van der Waals surface area contributed by atoms with E-state index in [-0.39, 0.29) is 11.7 Å². The van der Waals surface area contributed by atoms with Gasteiger partial charge in [0.2, 0.25) is 10.0 Å². The van der Waals surface area contributed by atoms with Gasteiger partial charge in [-0.15, -0.1) is 0 Å². The summed E-state index contributed by atoms with van der Waals surface area (Å²) in [6, 6.07) is 20.7. The second-order valence-electron chi connectivity index (χ2n) is 6.68. The molecule has 0 spiro atoms. The average Bonchev–Trinajstić information content (AvgIpc) is 3.05. The summed E-state index contributed by atoms with van der Waals surface area (Å²) in [6.45, 7) is 0.493. The molecule has 0 bridgehead atoms. The maximum atomic E-state index is 12.8. The lowest BCUT2D eigenvalue weighted by atomic mass is 10.1. The third kappa shape index (κ3) is 3.28. The monoisotopic (exact) mass is 380 g/mol. The van der Waals surface area contributed by atoms with Gasteiger partial charge in [-0.05, 0) is 53.6 Å². The molecule has 0 unspecified atom stereocenters. The molecule has 3 aromatic rings. The first kappa shape index (κ1) is 17.5. The standard InChI is InChI=1S/C21H20N2O3S/c1-22(20-12-7-16-5-2-3-6-18(16)15-20)21(24)17-8-10-19(11-9-17)23-13-4-14-27(23,25)26/h2-3,5-12,15H,4,13-14H2,1H3. The molecule has 138 valence electrons. The number of sulfonamides is 1. The van der Waals surface area contributed by atoms with Crippen molar-refractivity contribution in [2.75, 3.05) is 28.6 Å². The van der Waals surface area contributed by atoms with E-state index in [1.54, 1.807) is 36.2 Å². The van der Waals surface area contributed by atoms with E-state index < -0.39 is 10.0 Å². The molecular formula is C21H20N2O3S. The maximum Gasteiger partial charge on any atom is 0.258 e. The first-order valence-electron chi connectivity index (χ1n) is 8.83. The van der Waals surface area contributed by atoms with Gasteiger partial charge in [-0.1, -0.05) is 30.3 Å². The maximum absolute atomic E-state index is 12.8. The molecule has 0 atom stereocenters. The minimum atomic E-state index is -3.22. The molecule has 3 aromatic carbocycles. The molecule has 1 saturated heterocycles. The average molecular weight is 380 g/mol. The number of benzene rings is 3. The normalized spacial score (nSPS) is 15.8. The van der Waals surface area contributed by atoms with Gasteiger partial charge in [0.25, 0.3) is 5.91 Å². The summed E-state index contributed by atoms with van der Waals surface area (Å²) < 4.78 is 25.5. The van der Waals surface area contributed by atoms with Crippen LogP contribution in [0.5, 0.6) is 0 Å². The van der Waals surface area contributed by atoms with Gasteiger partial charge in [-0.3, -0.25) is 9.10 Å². The summed E-state index contributed by atoms with van der Waals surface area (Å²) in [5, 5.41) is 2.20. The molecule has 4 rings (SSSR count). The molecule has 5 nitrogen and oxygen atoms in total. The Morgan fingerprint density at radius 2 is 1.67 bits per heavy atom. The molecule has 0 radical (unpaired) electrons. The number of carbonyl (C=O) groups excluding carboxylic acids is 1. The molecule has 1 aliphatic heterocycles. The third-order valence-electron chi connectivity index (χ3n) is 4.93. The lowest BCUT2D eigenvalue weighted by Crippen LogP contribution is -2.27. The minimum Gasteiger partial charge on any atom is -0.311 e. The van der Waals surface area contributed by atoms with Crippen molar-refractivity contribution < 1.29 is 13.2 Å². The minimum absolute atomic E-state index is 0.138. The van der Waals surface area contributed by atoms with Crippen LogP contribution in [0.2, 0.25) is 0 Å². The van der Waals surface area contributed by atoms with E-state index >= 15 is 0 Å². The number of anilines is 2. The van der Waals surface area contributed by atoms with E-state index in [0.717, 1.165) is 16.5 Å². The van der Waals surface area contributed by atoms with Crippen molar-refractivity contribution in [3.05, 3.63) is 72.3 Å². The number of carbonyl (C=O) groups is 1. The SMILES string of the molecule is CN(C(=O)c1ccc(N2CCCS2(=O)=O)cc1)c1ccc2ccccc2c1. The second kappa shape index (κ2) is 6.70. The van der Waals surface area contributed by atoms with Crippen molar-refractivity contribution in [2.45, 2.75) is 6.42 Å². The Morgan fingerprint density at radius 1 is 0.963 bits per heavy atom. The number of amides is 1. The first-order valence-corrected chi connectivity index (χ1v) is 10.4. The Bertz CT molecular complexity index is 1110. The fraction of sp³-hybridized carbons (Fsp3) is 0.190. The fourth-order valence-corrected chi connectivity index (χ4v) is 4.96. The van der Waals surface area contributed by atoms with E-state index in [0.29, 0.717) is 24.2 Å². The molecule has 1 aliphatic rings. The van der Waals surface area contributed by atoms with Gasteiger partial charge in [0.05, 0.1) is 11.4 Å². The molecule has 1 heterocycles. The topological polar surface area (TPSA) is 57.7 Å². The van der Waals surface area contributed by atoms with E-state index in [1.165, 1.54) is 4.31 Å². The highest BCUT2D eigenvalue weighted by molar-refractivity contribution is 7.93. The smallest absolute Gasteiger partial charge is 0.258 e. The number of hydrogen-bond acceptors (Lipinski definition) is 3. The van der Waals surface area contributed by atoms with Gasteiger partial charge < -0.3 is 4.90 Å². The highest BCUT2D eigenvalue weighted by atomic mass is 32.2. The molecule has 0 aromatic heterocycles. The lowest BCUT2D eigenvalue weighted by molar-refractivity contribution is 0.0993. The van der Waals surface area contributed by atoms with Crippen LogP contribution in [0.3, 0.4) is 0 Å². The Balaban J connectivity index is 1.58. The van der Waals surface area contributed by atoms with Crippen molar-refractivity contribution in [3.8, 4) is 0 Å². The predicted molar refractivity (Wildman–Crippen MR) is 109 cm³/mol. The van der Waals surface area contributed by atoms with Gasteiger partial charge in [0.1, 0.15) is 0 Å². The van der Waals surface area contributed by atoms with E-state index in [4.69, 9.17) is 0 Å². The summed E-state index contributed by atoms with van der Waals surface area (Å²) in [6.07, 6.45) is 0.633. The number of hydrogen-bond donors (Lipinski definition) is 0. The van der Waals surface area contributed by atoms with Crippen LogP contribution in [0.1, 0.15) is 16.8 Å². The van der Waals surface area contributed by atoms with Gasteiger partial charge in [0.15, 0.2) is 0 Å². The van der Waals surface area contributed by atoms with Crippen molar-refractivity contribution >= 4 is 38.1 Å². The highest BCUT2D eigenvalue weighted by Gasteiger charge is 2.28. The fourth-order valence-electron chi connectivity index (χ4n) is 3.40. The second-order valence-corrected chi connectivity index (χ2v) is 8.70. The van der Waals surface area contributed by atoms with Crippen LogP contribution in [-0.4, -0.2) is 33.7 Å². The van der Waals surface area contributed by atoms with Gasteiger partial charge >= 0.3 is 0 Å². The summed E-state index contributed by atoms with van der Waals surface area (Å²) in [4.78, 5) is 14.4. The molecule has 0 aliphatic carbocycles. The van der Waals surface area contributed by atoms with Crippen LogP contribution < -0.4 is 9.21 Å². The van der Waals surface area contributed by atoms with Gasteiger partial charge in [-0.2, -0.15) is 0 Å². The molecule has 0 N–H and O–H groups in total. The zero-order valence-corrected chi connectivity index (χ0v) is 15.8. The van der Waals surface area contributed by atoms with E-state index in [9.17, 15) is 13.2 Å². The van der Waals surface area contributed by atoms with Crippen LogP contribution in [0.15, 0.2) is 66.7 Å². The van der Waals surface area contributed by atoms with Gasteiger partial charge in [0, 0.05) is 24.8 Å². The summed E-state index contributed by atoms with van der Waals surface area (Å²) in [5.41, 5.74) is 1.94. The van der Waals surface area contributed by atoms with Crippen LogP contribution in [-0.2, 0) is 10.0 Å². The van der Waals surface area contributed by atoms with Crippen LogP contribution >= 0.6 is 0 Å². The molecule has 1 fully saturated rings. The third-order valence-corrected chi connectivity index (χ3v) is 6.80. The van der Waals surface area contributed by atoms with Crippen molar-refractivity contribution in [3.63, 3.8) is 0 Å². The molecular weight excluding hydrogens is 360 g/mol. The summed E-state index contributed by atoms with van der Waals surface area (Å²) in [5.74, 6) is 0.0411. The van der Waals surface area contributed by atoms with E-state index in [2.05, 4.69) is 0 Å². The Kier molecular flexibility index (Phi) is 4.36. The van der Waals surface area contributed by atoms with Crippen LogP contribution in [0.25, 0.3) is 10.8 Å². The quantitative estimate of drug-likeness (QED) is 0.697. The zero-order chi connectivity index (χ0) is 19.0. The largest absolute Gasteiger partial charge is 0.311 e. The van der Waals surface area contributed by atoms with Gasteiger partial charge in [-0.25, -0.2) is 8.42 Å². The van der Waals surface area contributed by atoms with Crippen molar-refractivity contribution in [1.82, 2.24) is 0 Å². The molecule has 6 heteroatoms. The first-order chi connectivity index (χ1) is 13.0. The Labute approximate surface area is 158 Å². The molecule has 27 heavy (non-hydrogen) atoms. The molecule has 1 amide bonds. The number of nitrogens with zero attached hydrogens (tertiary/aromatic N) is 2. The number of fused-ring (bicyclic) bond motifs is 1. The van der Waals surface area contributed by atoms with Crippen LogP contribution in [0.4, 0.5) is 11.4 Å². The Morgan fingerprint density at radius 3 is 2.33 bits per heavy atom. The Hall–Kier alpha value is -2.86. The summed E-state index contributed by atoms with van der Waals surface area (Å²) >= 11 is 0. The van der Waals surface area contributed by atoms with Crippen LogP contribution in [0, 0.1) is 0 Å². The molecule has 0 saturated carbocycles. The van der Waals surface area contributed by atoms with E-state index in [1.807, 2.05) is 42.5 Å². The zero-order valence-electron chi connectivity index (χ0n) is 15.0. The number of rotatable bonds is 3. The lowest BCUT2D eigenvalue weighted by Gasteiger charge is -2.20. The van der Waals surface area contributed by atoms with Crippen molar-refractivity contribution in [1.29, 1.82) is 0 Å².